The van der Waals surface area contributed by atoms with Crippen molar-refractivity contribution in [2.45, 2.75) is 25.7 Å². The average Bonchev–Trinajstić information content (AvgIpc) is 3.24. The third kappa shape index (κ3) is 3.82. The van der Waals surface area contributed by atoms with Crippen LogP contribution >= 0.6 is 11.6 Å². The van der Waals surface area contributed by atoms with E-state index in [2.05, 4.69) is 10.4 Å². The van der Waals surface area contributed by atoms with Crippen molar-refractivity contribution < 1.29 is 9.18 Å². The number of aromatic nitrogens is 2. The number of anilines is 1. The highest BCUT2D eigenvalue weighted by Crippen LogP contribution is 2.22. The highest BCUT2D eigenvalue weighted by atomic mass is 35.5. The number of amides is 1. The van der Waals surface area contributed by atoms with Crippen LogP contribution in [-0.2, 0) is 4.79 Å². The largest absolute Gasteiger partial charge is 0.341 e. The molecular formula is C21H20ClFN4O2. The Balaban J connectivity index is 1.75. The molecule has 8 heteroatoms. The summed E-state index contributed by atoms with van der Waals surface area (Å²) in [7, 11) is 0. The van der Waals surface area contributed by atoms with E-state index in [0.29, 0.717) is 11.0 Å². The molecule has 0 unspecified atom stereocenters. The molecule has 1 fully saturated rings. The van der Waals surface area contributed by atoms with Gasteiger partial charge in [-0.25, -0.2) is 9.37 Å². The normalized spacial score (nSPS) is 14.9. The average molecular weight is 415 g/mol. The Morgan fingerprint density at radius 2 is 1.86 bits per heavy atom. The van der Waals surface area contributed by atoms with Crippen LogP contribution < -0.4 is 15.9 Å². The summed E-state index contributed by atoms with van der Waals surface area (Å²) < 4.78 is 14.8. The Morgan fingerprint density at radius 3 is 2.55 bits per heavy atom. The monoisotopic (exact) mass is 414 g/mol. The van der Waals surface area contributed by atoms with Gasteiger partial charge in [0.15, 0.2) is 0 Å². The van der Waals surface area contributed by atoms with Gasteiger partial charge in [0.25, 0.3) is 5.56 Å². The number of hydrogen-bond acceptors (Lipinski definition) is 4. The van der Waals surface area contributed by atoms with Gasteiger partial charge in [-0.2, -0.15) is 4.68 Å². The first-order valence-corrected chi connectivity index (χ1v) is 9.85. The van der Waals surface area contributed by atoms with Crippen LogP contribution in [0.4, 0.5) is 10.3 Å². The summed E-state index contributed by atoms with van der Waals surface area (Å²) in [4.78, 5) is 32.4. The lowest BCUT2D eigenvalue weighted by Crippen LogP contribution is -2.40. The highest BCUT2D eigenvalue weighted by Gasteiger charge is 2.23. The van der Waals surface area contributed by atoms with E-state index in [1.54, 1.807) is 31.2 Å². The Morgan fingerprint density at radius 1 is 1.17 bits per heavy atom. The van der Waals surface area contributed by atoms with Gasteiger partial charge in [-0.15, -0.1) is 0 Å². The molecule has 2 aromatic carbocycles. The first-order valence-electron chi connectivity index (χ1n) is 9.47. The zero-order chi connectivity index (χ0) is 20.5. The zero-order valence-corrected chi connectivity index (χ0v) is 16.6. The molecular weight excluding hydrogens is 395 g/mol. The van der Waals surface area contributed by atoms with E-state index in [0.717, 1.165) is 31.5 Å². The van der Waals surface area contributed by atoms with Gasteiger partial charge >= 0.3 is 0 Å². The molecule has 1 aliphatic heterocycles. The lowest BCUT2D eigenvalue weighted by Gasteiger charge is -2.23. The van der Waals surface area contributed by atoms with E-state index in [1.165, 1.54) is 22.9 Å². The molecule has 3 aromatic rings. The van der Waals surface area contributed by atoms with Crippen LogP contribution in [0.3, 0.4) is 0 Å². The molecule has 0 bridgehead atoms. The number of nitrogens with one attached hydrogen (secondary N) is 1. The van der Waals surface area contributed by atoms with Crippen molar-refractivity contribution in [2.75, 3.05) is 23.4 Å². The molecule has 1 saturated heterocycles. The number of carbonyl (C=O) groups is 1. The van der Waals surface area contributed by atoms with Gasteiger partial charge < -0.3 is 4.90 Å². The molecule has 1 atom stereocenters. The van der Waals surface area contributed by atoms with E-state index in [1.807, 2.05) is 4.90 Å². The lowest BCUT2D eigenvalue weighted by molar-refractivity contribution is -0.118. The van der Waals surface area contributed by atoms with Crippen molar-refractivity contribution in [2.24, 2.45) is 0 Å². The molecule has 150 valence electrons. The smallest absolute Gasteiger partial charge is 0.281 e. The van der Waals surface area contributed by atoms with Crippen LogP contribution in [0.25, 0.3) is 10.9 Å². The van der Waals surface area contributed by atoms with Crippen LogP contribution in [0.2, 0.25) is 5.02 Å². The van der Waals surface area contributed by atoms with Gasteiger partial charge in [0.05, 0.1) is 16.8 Å². The van der Waals surface area contributed by atoms with E-state index in [4.69, 9.17) is 11.6 Å². The van der Waals surface area contributed by atoms with Crippen molar-refractivity contribution >= 4 is 34.4 Å². The molecule has 2 heterocycles. The maximum atomic E-state index is 13.7. The van der Waals surface area contributed by atoms with Crippen molar-refractivity contribution in [3.05, 3.63) is 69.2 Å². The summed E-state index contributed by atoms with van der Waals surface area (Å²) in [5, 5.41) is 0.827. The molecule has 4 rings (SSSR count). The number of halogens is 2. The maximum absolute atomic E-state index is 13.7. The summed E-state index contributed by atoms with van der Waals surface area (Å²) in [5.74, 6) is -0.996. The molecule has 1 aromatic heterocycles. The van der Waals surface area contributed by atoms with Crippen LogP contribution in [0.15, 0.2) is 47.3 Å². The standard InChI is InChI=1S/C21H20ClFN4O2/c1-13(14-4-6-15(22)7-5-14)19(28)25-27-20(29)17-9-8-16(23)12-18(17)24-21(27)26-10-2-3-11-26/h4-9,12-13H,2-3,10-11H2,1H3,(H,25,28)/t13-/m1/s1. The number of benzene rings is 2. The molecule has 0 saturated carbocycles. The van der Waals surface area contributed by atoms with Crippen LogP contribution in [-0.4, -0.2) is 28.7 Å². The number of rotatable bonds is 4. The Labute approximate surface area is 171 Å². The molecule has 0 aliphatic carbocycles. The second-order valence-electron chi connectivity index (χ2n) is 7.16. The predicted molar refractivity (Wildman–Crippen MR) is 112 cm³/mol. The van der Waals surface area contributed by atoms with Gasteiger partial charge in [0, 0.05) is 24.2 Å². The molecule has 1 N–H and O–H groups in total. The van der Waals surface area contributed by atoms with Crippen LogP contribution in [0, 0.1) is 5.82 Å². The number of hydrogen-bond donors (Lipinski definition) is 1. The Hall–Kier alpha value is -2.93. The van der Waals surface area contributed by atoms with Gasteiger partial charge in [0.1, 0.15) is 5.82 Å². The number of carbonyl (C=O) groups excluding carboxylic acids is 1. The Kier molecular flexibility index (Phi) is 5.24. The summed E-state index contributed by atoms with van der Waals surface area (Å²) in [5.41, 5.74) is 3.32. The first kappa shape index (κ1) is 19.4. The SMILES string of the molecule is C[C@@H](C(=O)Nn1c(N2CCCC2)nc2cc(F)ccc2c1=O)c1ccc(Cl)cc1. The van der Waals surface area contributed by atoms with Gasteiger partial charge in [-0.3, -0.25) is 15.0 Å². The molecule has 29 heavy (non-hydrogen) atoms. The minimum Gasteiger partial charge on any atom is -0.341 e. The molecule has 1 amide bonds. The van der Waals surface area contributed by atoms with Crippen molar-refractivity contribution in [3.8, 4) is 0 Å². The topological polar surface area (TPSA) is 67.2 Å². The van der Waals surface area contributed by atoms with E-state index in [-0.39, 0.29) is 16.8 Å². The summed E-state index contributed by atoms with van der Waals surface area (Å²) in [6, 6.07) is 10.8. The maximum Gasteiger partial charge on any atom is 0.281 e. The number of nitrogens with zero attached hydrogens (tertiary/aromatic N) is 3. The Bertz CT molecular complexity index is 1120. The van der Waals surface area contributed by atoms with Gasteiger partial charge in [-0.1, -0.05) is 23.7 Å². The van der Waals surface area contributed by atoms with Crippen molar-refractivity contribution in [1.29, 1.82) is 0 Å². The minimum atomic E-state index is -0.505. The molecule has 6 nitrogen and oxygen atoms in total. The van der Waals surface area contributed by atoms with Gasteiger partial charge in [0.2, 0.25) is 11.9 Å². The predicted octanol–water partition coefficient (Wildman–Crippen LogP) is 3.66. The first-order chi connectivity index (χ1) is 13.9. The van der Waals surface area contributed by atoms with Crippen molar-refractivity contribution in [1.82, 2.24) is 9.66 Å². The van der Waals surface area contributed by atoms with Gasteiger partial charge in [-0.05, 0) is 49.6 Å². The summed E-state index contributed by atoms with van der Waals surface area (Å²) in [6.45, 7) is 3.19. The molecule has 0 spiro atoms. The van der Waals surface area contributed by atoms with Crippen molar-refractivity contribution in [3.63, 3.8) is 0 Å². The summed E-state index contributed by atoms with van der Waals surface area (Å²) in [6.07, 6.45) is 1.93. The number of fused-ring (bicyclic) bond motifs is 1. The lowest BCUT2D eigenvalue weighted by atomic mass is 10.0. The third-order valence-electron chi connectivity index (χ3n) is 5.19. The van der Waals surface area contributed by atoms with Crippen LogP contribution in [0.5, 0.6) is 0 Å². The highest BCUT2D eigenvalue weighted by molar-refractivity contribution is 6.30. The van der Waals surface area contributed by atoms with Crippen LogP contribution in [0.1, 0.15) is 31.2 Å². The quantitative estimate of drug-likeness (QED) is 0.707. The fourth-order valence-electron chi connectivity index (χ4n) is 3.49. The van der Waals surface area contributed by atoms with E-state index in [9.17, 15) is 14.0 Å². The molecule has 1 aliphatic rings. The summed E-state index contributed by atoms with van der Waals surface area (Å²) >= 11 is 5.92. The third-order valence-corrected chi connectivity index (χ3v) is 5.44. The fraction of sp³-hybridized carbons (Fsp3) is 0.286. The zero-order valence-electron chi connectivity index (χ0n) is 15.9. The van der Waals surface area contributed by atoms with E-state index >= 15 is 0 Å². The second-order valence-corrected chi connectivity index (χ2v) is 7.59. The molecule has 0 radical (unpaired) electrons. The fourth-order valence-corrected chi connectivity index (χ4v) is 3.61. The minimum absolute atomic E-state index is 0.244. The second kappa shape index (κ2) is 7.83. The van der Waals surface area contributed by atoms with E-state index < -0.39 is 17.3 Å².